The van der Waals surface area contributed by atoms with Crippen molar-refractivity contribution < 1.29 is 5.11 Å². The molecule has 0 amide bonds. The van der Waals surface area contributed by atoms with E-state index >= 15 is 0 Å². The molecule has 0 aliphatic heterocycles. The van der Waals surface area contributed by atoms with E-state index < -0.39 is 0 Å². The topological polar surface area (TPSA) is 20.2 Å². The smallest absolute Gasteiger partial charge is 0.0693 e. The lowest BCUT2D eigenvalue weighted by atomic mass is 9.94. The fourth-order valence-corrected chi connectivity index (χ4v) is 2.19. The van der Waals surface area contributed by atoms with Crippen molar-refractivity contribution in [3.63, 3.8) is 0 Å². The lowest BCUT2D eigenvalue weighted by molar-refractivity contribution is 0.283. The molecule has 1 nitrogen and oxygen atoms in total. The molecule has 0 saturated heterocycles. The number of aliphatic hydroxyl groups excluding tert-OH is 1. The van der Waals surface area contributed by atoms with Gasteiger partial charge < -0.3 is 5.11 Å². The minimum absolute atomic E-state index is 0.0350. The van der Waals surface area contributed by atoms with Crippen LogP contribution in [0.2, 0.25) is 0 Å². The van der Waals surface area contributed by atoms with Crippen LogP contribution in [0.15, 0.2) is 43.0 Å². The maximum absolute atomic E-state index is 9.57. The lowest BCUT2D eigenvalue weighted by Crippen LogP contribution is -1.94. The van der Waals surface area contributed by atoms with Crippen molar-refractivity contribution in [2.45, 2.75) is 13.5 Å². The van der Waals surface area contributed by atoms with Gasteiger partial charge in [-0.15, -0.1) is 0 Å². The van der Waals surface area contributed by atoms with E-state index in [-0.39, 0.29) is 6.61 Å². The van der Waals surface area contributed by atoms with Crippen molar-refractivity contribution in [3.05, 3.63) is 59.7 Å². The minimum Gasteiger partial charge on any atom is -0.392 e. The van der Waals surface area contributed by atoms with Crippen LogP contribution in [0.4, 0.5) is 0 Å². The molecule has 2 aromatic carbocycles. The molecule has 86 valence electrons. The van der Waals surface area contributed by atoms with Crippen LogP contribution >= 0.6 is 0 Å². The Morgan fingerprint density at radius 3 is 2.71 bits per heavy atom. The van der Waals surface area contributed by atoms with E-state index in [1.54, 1.807) is 0 Å². The van der Waals surface area contributed by atoms with Gasteiger partial charge in [-0.3, -0.25) is 0 Å². The third kappa shape index (κ3) is 2.02. The Hall–Kier alpha value is -1.86. The fraction of sp³-hybridized carbons (Fsp3) is 0.125. The second-order valence-electron chi connectivity index (χ2n) is 3.94. The van der Waals surface area contributed by atoms with Crippen molar-refractivity contribution in [1.82, 2.24) is 0 Å². The fourth-order valence-electron chi connectivity index (χ4n) is 2.19. The van der Waals surface area contributed by atoms with Crippen LogP contribution in [-0.2, 0) is 6.61 Å². The first-order chi connectivity index (χ1) is 8.31. The molecule has 1 heteroatoms. The number of hydrogen-bond donors (Lipinski definition) is 1. The molecule has 1 N–H and O–H groups in total. The Bertz CT molecular complexity index is 579. The van der Waals surface area contributed by atoms with Gasteiger partial charge in [0.15, 0.2) is 0 Å². The third-order valence-corrected chi connectivity index (χ3v) is 2.94. The van der Waals surface area contributed by atoms with Crippen molar-refractivity contribution in [2.24, 2.45) is 0 Å². The van der Waals surface area contributed by atoms with E-state index in [9.17, 15) is 5.11 Å². The van der Waals surface area contributed by atoms with Gasteiger partial charge >= 0.3 is 0 Å². The number of rotatable bonds is 3. The second-order valence-corrected chi connectivity index (χ2v) is 3.94. The van der Waals surface area contributed by atoms with Crippen LogP contribution in [-0.4, -0.2) is 5.11 Å². The SMILES string of the molecule is C=Cc1c(/C=C\C)cc2ccccc2c1CO. The van der Waals surface area contributed by atoms with Crippen LogP contribution in [0, 0.1) is 0 Å². The molecule has 0 heterocycles. The third-order valence-electron chi connectivity index (χ3n) is 2.94. The second kappa shape index (κ2) is 4.98. The lowest BCUT2D eigenvalue weighted by Gasteiger charge is -2.12. The van der Waals surface area contributed by atoms with Gasteiger partial charge in [0.05, 0.1) is 6.61 Å². The molecule has 0 saturated carbocycles. The average Bonchev–Trinajstić information content (AvgIpc) is 2.37. The summed E-state index contributed by atoms with van der Waals surface area (Å²) in [6, 6.07) is 10.2. The molecule has 0 fully saturated rings. The summed E-state index contributed by atoms with van der Waals surface area (Å²) in [7, 11) is 0. The van der Waals surface area contributed by atoms with Crippen molar-refractivity contribution in [3.8, 4) is 0 Å². The summed E-state index contributed by atoms with van der Waals surface area (Å²) in [5.74, 6) is 0. The molecule has 0 spiro atoms. The predicted octanol–water partition coefficient (Wildman–Crippen LogP) is 4.01. The van der Waals surface area contributed by atoms with E-state index in [0.717, 1.165) is 27.5 Å². The highest BCUT2D eigenvalue weighted by atomic mass is 16.3. The summed E-state index contributed by atoms with van der Waals surface area (Å²) in [5, 5.41) is 11.8. The van der Waals surface area contributed by atoms with Crippen LogP contribution in [0.5, 0.6) is 0 Å². The van der Waals surface area contributed by atoms with Gasteiger partial charge in [0.1, 0.15) is 0 Å². The molecule has 0 aliphatic carbocycles. The van der Waals surface area contributed by atoms with Crippen LogP contribution in [0.3, 0.4) is 0 Å². The normalized spacial score (nSPS) is 11.2. The first kappa shape index (κ1) is 11.6. The Morgan fingerprint density at radius 2 is 2.06 bits per heavy atom. The molecule has 0 radical (unpaired) electrons. The van der Waals surface area contributed by atoms with Gasteiger partial charge in [-0.25, -0.2) is 0 Å². The van der Waals surface area contributed by atoms with Crippen LogP contribution in [0.25, 0.3) is 22.9 Å². The maximum Gasteiger partial charge on any atom is 0.0693 e. The highest BCUT2D eigenvalue weighted by Gasteiger charge is 2.08. The predicted molar refractivity (Wildman–Crippen MR) is 74.7 cm³/mol. The largest absolute Gasteiger partial charge is 0.392 e. The molecule has 0 aromatic heterocycles. The Morgan fingerprint density at radius 1 is 1.29 bits per heavy atom. The van der Waals surface area contributed by atoms with E-state index in [0.29, 0.717) is 0 Å². The number of allylic oxidation sites excluding steroid dienone is 1. The first-order valence-corrected chi connectivity index (χ1v) is 5.72. The summed E-state index contributed by atoms with van der Waals surface area (Å²) in [6.07, 6.45) is 5.86. The average molecular weight is 224 g/mol. The summed E-state index contributed by atoms with van der Waals surface area (Å²) in [5.41, 5.74) is 3.07. The number of fused-ring (bicyclic) bond motifs is 1. The van der Waals surface area contributed by atoms with Gasteiger partial charge in [-0.1, -0.05) is 49.1 Å². The van der Waals surface area contributed by atoms with Crippen molar-refractivity contribution in [1.29, 1.82) is 0 Å². The molecule has 0 atom stereocenters. The highest BCUT2D eigenvalue weighted by Crippen LogP contribution is 2.28. The number of benzene rings is 2. The Labute approximate surface area is 102 Å². The maximum atomic E-state index is 9.57. The Kier molecular flexibility index (Phi) is 3.40. The van der Waals surface area contributed by atoms with Crippen molar-refractivity contribution >= 4 is 22.9 Å². The molecule has 0 bridgehead atoms. The van der Waals surface area contributed by atoms with Gasteiger partial charge in [-0.05, 0) is 40.5 Å². The molecule has 2 rings (SSSR count). The quantitative estimate of drug-likeness (QED) is 0.835. The standard InChI is InChI=1S/C16H16O/c1-3-7-12-10-13-8-5-6-9-15(13)16(11-17)14(12)4-2/h3-10,17H,2,11H2,1H3/b7-3-. The van der Waals surface area contributed by atoms with E-state index in [4.69, 9.17) is 0 Å². The molecular weight excluding hydrogens is 208 g/mol. The zero-order valence-corrected chi connectivity index (χ0v) is 9.98. The zero-order valence-electron chi connectivity index (χ0n) is 9.98. The Balaban J connectivity index is 2.87. The van der Waals surface area contributed by atoms with Gasteiger partial charge in [0, 0.05) is 0 Å². The van der Waals surface area contributed by atoms with Crippen LogP contribution < -0.4 is 0 Å². The van der Waals surface area contributed by atoms with E-state index in [1.165, 1.54) is 0 Å². The number of aliphatic hydroxyl groups is 1. The van der Waals surface area contributed by atoms with Gasteiger partial charge in [0.2, 0.25) is 0 Å². The molecule has 0 aliphatic rings. The first-order valence-electron chi connectivity index (χ1n) is 5.72. The summed E-state index contributed by atoms with van der Waals surface area (Å²) in [4.78, 5) is 0. The molecule has 17 heavy (non-hydrogen) atoms. The molecule has 2 aromatic rings. The summed E-state index contributed by atoms with van der Waals surface area (Å²) in [6.45, 7) is 5.87. The van der Waals surface area contributed by atoms with Crippen molar-refractivity contribution in [2.75, 3.05) is 0 Å². The van der Waals surface area contributed by atoms with E-state index in [2.05, 4.69) is 18.7 Å². The van der Waals surface area contributed by atoms with Gasteiger partial charge in [0.25, 0.3) is 0 Å². The summed E-state index contributed by atoms with van der Waals surface area (Å²) >= 11 is 0. The monoisotopic (exact) mass is 224 g/mol. The summed E-state index contributed by atoms with van der Waals surface area (Å²) < 4.78 is 0. The van der Waals surface area contributed by atoms with Gasteiger partial charge in [-0.2, -0.15) is 0 Å². The van der Waals surface area contributed by atoms with Crippen LogP contribution in [0.1, 0.15) is 23.6 Å². The number of hydrogen-bond acceptors (Lipinski definition) is 1. The molecule has 0 unspecified atom stereocenters. The zero-order chi connectivity index (χ0) is 12.3. The molecular formula is C16H16O. The highest BCUT2D eigenvalue weighted by molar-refractivity contribution is 5.92. The van der Waals surface area contributed by atoms with E-state index in [1.807, 2.05) is 43.4 Å². The minimum atomic E-state index is 0.0350.